The van der Waals surface area contributed by atoms with Crippen molar-refractivity contribution in [1.82, 2.24) is 5.32 Å². The van der Waals surface area contributed by atoms with Gasteiger partial charge in [-0.3, -0.25) is 0 Å². The summed E-state index contributed by atoms with van der Waals surface area (Å²) in [5, 5.41) is 3.26. The van der Waals surface area contributed by atoms with E-state index in [9.17, 15) is 0 Å². The second-order valence-electron chi connectivity index (χ2n) is 4.64. The summed E-state index contributed by atoms with van der Waals surface area (Å²) in [7, 11) is 3.70. The van der Waals surface area contributed by atoms with Crippen molar-refractivity contribution < 1.29 is 9.47 Å². The van der Waals surface area contributed by atoms with Crippen molar-refractivity contribution in [1.29, 1.82) is 0 Å². The van der Waals surface area contributed by atoms with E-state index >= 15 is 0 Å². The predicted octanol–water partition coefficient (Wildman–Crippen LogP) is 3.14. The fourth-order valence-corrected chi connectivity index (χ4v) is 2.96. The molecule has 1 aliphatic heterocycles. The molecule has 2 rings (SSSR count). The van der Waals surface area contributed by atoms with Crippen LogP contribution in [-0.2, 0) is 4.74 Å². The van der Waals surface area contributed by atoms with Gasteiger partial charge in [-0.15, -0.1) is 0 Å². The first-order valence-corrected chi connectivity index (χ1v) is 7.15. The molecule has 100 valence electrons. The van der Waals surface area contributed by atoms with Crippen molar-refractivity contribution in [3.63, 3.8) is 0 Å². The van der Waals surface area contributed by atoms with Crippen molar-refractivity contribution >= 4 is 15.9 Å². The van der Waals surface area contributed by atoms with Crippen LogP contribution in [0.1, 0.15) is 24.5 Å². The summed E-state index contributed by atoms with van der Waals surface area (Å²) in [6.07, 6.45) is 2.46. The van der Waals surface area contributed by atoms with E-state index < -0.39 is 0 Å². The second-order valence-corrected chi connectivity index (χ2v) is 5.55. The molecule has 1 fully saturated rings. The highest BCUT2D eigenvalue weighted by Crippen LogP contribution is 2.39. The van der Waals surface area contributed by atoms with Crippen LogP contribution in [0.5, 0.6) is 5.75 Å². The summed E-state index contributed by atoms with van der Waals surface area (Å²) >= 11 is 3.52. The van der Waals surface area contributed by atoms with E-state index in [2.05, 4.69) is 27.3 Å². The van der Waals surface area contributed by atoms with Gasteiger partial charge < -0.3 is 14.8 Å². The highest BCUT2D eigenvalue weighted by atomic mass is 79.9. The fourth-order valence-electron chi connectivity index (χ4n) is 2.59. The largest absolute Gasteiger partial charge is 0.496 e. The van der Waals surface area contributed by atoms with Crippen LogP contribution in [0.15, 0.2) is 22.7 Å². The number of hydrogen-bond donors (Lipinski definition) is 1. The molecule has 0 radical (unpaired) electrons. The maximum atomic E-state index is 5.99. The highest BCUT2D eigenvalue weighted by molar-refractivity contribution is 9.10. The number of benzene rings is 1. The summed E-state index contributed by atoms with van der Waals surface area (Å²) in [5.74, 6) is 1.41. The minimum Gasteiger partial charge on any atom is -0.496 e. The number of nitrogens with one attached hydrogen (secondary N) is 1. The molecule has 0 aromatic heterocycles. The SMILES string of the molecule is CNCC1CCCOC1c1cc(Br)ccc1OC. The highest BCUT2D eigenvalue weighted by Gasteiger charge is 2.29. The van der Waals surface area contributed by atoms with E-state index in [1.807, 2.05) is 19.2 Å². The standard InChI is InChI=1S/C14H20BrNO2/c1-16-9-10-4-3-7-18-14(10)12-8-11(15)5-6-13(12)17-2/h5-6,8,10,14,16H,3-4,7,9H2,1-2H3. The van der Waals surface area contributed by atoms with Crippen molar-refractivity contribution in [3.8, 4) is 5.75 Å². The minimum absolute atomic E-state index is 0.124. The summed E-state index contributed by atoms with van der Waals surface area (Å²) in [5.41, 5.74) is 1.15. The normalized spacial score (nSPS) is 23.9. The maximum absolute atomic E-state index is 5.99. The van der Waals surface area contributed by atoms with Gasteiger partial charge in [0.1, 0.15) is 5.75 Å². The van der Waals surface area contributed by atoms with Gasteiger partial charge in [-0.05, 0) is 38.1 Å². The average molecular weight is 314 g/mol. The molecule has 0 saturated carbocycles. The van der Waals surface area contributed by atoms with E-state index in [0.717, 1.165) is 35.4 Å². The summed E-state index contributed by atoms with van der Waals surface area (Å²) in [6, 6.07) is 6.10. The molecule has 2 atom stereocenters. The maximum Gasteiger partial charge on any atom is 0.124 e. The van der Waals surface area contributed by atoms with Crippen molar-refractivity contribution in [3.05, 3.63) is 28.2 Å². The lowest BCUT2D eigenvalue weighted by atomic mass is 9.89. The van der Waals surface area contributed by atoms with E-state index in [4.69, 9.17) is 9.47 Å². The number of methoxy groups -OCH3 is 1. The molecule has 2 unspecified atom stereocenters. The molecule has 1 aromatic rings. The Labute approximate surface area is 117 Å². The van der Waals surface area contributed by atoms with Crippen molar-refractivity contribution in [2.45, 2.75) is 18.9 Å². The zero-order chi connectivity index (χ0) is 13.0. The molecule has 0 spiro atoms. The number of rotatable bonds is 4. The van der Waals surface area contributed by atoms with Crippen LogP contribution in [0, 0.1) is 5.92 Å². The van der Waals surface area contributed by atoms with Crippen LogP contribution < -0.4 is 10.1 Å². The van der Waals surface area contributed by atoms with Gasteiger partial charge in [-0.2, -0.15) is 0 Å². The predicted molar refractivity (Wildman–Crippen MR) is 76.0 cm³/mol. The number of hydrogen-bond acceptors (Lipinski definition) is 3. The van der Waals surface area contributed by atoms with Crippen LogP contribution in [-0.4, -0.2) is 27.3 Å². The third-order valence-corrected chi connectivity index (χ3v) is 3.90. The van der Waals surface area contributed by atoms with Gasteiger partial charge >= 0.3 is 0 Å². The number of ether oxygens (including phenoxy) is 2. The second kappa shape index (κ2) is 6.55. The molecule has 0 bridgehead atoms. The molecule has 1 heterocycles. The lowest BCUT2D eigenvalue weighted by molar-refractivity contribution is -0.0284. The third-order valence-electron chi connectivity index (χ3n) is 3.41. The van der Waals surface area contributed by atoms with Crippen LogP contribution in [0.3, 0.4) is 0 Å². The minimum atomic E-state index is 0.124. The Kier molecular flexibility index (Phi) is 5.03. The Balaban J connectivity index is 2.29. The first-order valence-electron chi connectivity index (χ1n) is 6.36. The van der Waals surface area contributed by atoms with Crippen molar-refractivity contribution in [2.24, 2.45) is 5.92 Å². The van der Waals surface area contributed by atoms with Crippen molar-refractivity contribution in [2.75, 3.05) is 27.3 Å². The Morgan fingerprint density at radius 2 is 2.33 bits per heavy atom. The molecule has 0 amide bonds. The molecule has 1 aromatic carbocycles. The first-order chi connectivity index (χ1) is 8.76. The molecule has 1 saturated heterocycles. The zero-order valence-electron chi connectivity index (χ0n) is 10.9. The first kappa shape index (κ1) is 13.8. The van der Waals surface area contributed by atoms with Crippen LogP contribution in [0.25, 0.3) is 0 Å². The van der Waals surface area contributed by atoms with Gasteiger partial charge in [0.2, 0.25) is 0 Å². The summed E-state index contributed by atoms with van der Waals surface area (Å²) in [6.45, 7) is 1.81. The fraction of sp³-hybridized carbons (Fsp3) is 0.571. The van der Waals surface area contributed by atoms with Gasteiger partial charge in [0, 0.05) is 29.1 Å². The molecule has 1 N–H and O–H groups in total. The van der Waals surface area contributed by atoms with Gasteiger partial charge in [0.15, 0.2) is 0 Å². The van der Waals surface area contributed by atoms with Gasteiger partial charge in [-0.1, -0.05) is 15.9 Å². The van der Waals surface area contributed by atoms with E-state index in [-0.39, 0.29) is 6.10 Å². The lowest BCUT2D eigenvalue weighted by Crippen LogP contribution is -2.30. The Bertz CT molecular complexity index is 395. The van der Waals surface area contributed by atoms with E-state index in [1.165, 1.54) is 6.42 Å². The Morgan fingerprint density at radius 3 is 3.06 bits per heavy atom. The molecule has 1 aliphatic rings. The van der Waals surface area contributed by atoms with Crippen LogP contribution in [0.2, 0.25) is 0 Å². The molecule has 3 nitrogen and oxygen atoms in total. The van der Waals surface area contributed by atoms with E-state index in [0.29, 0.717) is 5.92 Å². The summed E-state index contributed by atoms with van der Waals surface area (Å²) in [4.78, 5) is 0. The molecular formula is C14H20BrNO2. The van der Waals surface area contributed by atoms with Crippen LogP contribution >= 0.6 is 15.9 Å². The van der Waals surface area contributed by atoms with Gasteiger partial charge in [-0.25, -0.2) is 0 Å². The molecule has 4 heteroatoms. The summed E-state index contributed by atoms with van der Waals surface area (Å²) < 4.78 is 12.5. The molecular weight excluding hydrogens is 294 g/mol. The topological polar surface area (TPSA) is 30.5 Å². The average Bonchev–Trinajstić information content (AvgIpc) is 2.40. The van der Waals surface area contributed by atoms with E-state index in [1.54, 1.807) is 7.11 Å². The smallest absolute Gasteiger partial charge is 0.124 e. The van der Waals surface area contributed by atoms with Gasteiger partial charge in [0.25, 0.3) is 0 Å². The Morgan fingerprint density at radius 1 is 1.50 bits per heavy atom. The quantitative estimate of drug-likeness (QED) is 0.926. The number of halogens is 1. The third kappa shape index (κ3) is 3.05. The molecule has 18 heavy (non-hydrogen) atoms. The van der Waals surface area contributed by atoms with Crippen LogP contribution in [0.4, 0.5) is 0 Å². The lowest BCUT2D eigenvalue weighted by Gasteiger charge is -2.32. The molecule has 0 aliphatic carbocycles. The Hall–Kier alpha value is -0.580. The van der Waals surface area contributed by atoms with Gasteiger partial charge in [0.05, 0.1) is 13.2 Å². The monoisotopic (exact) mass is 313 g/mol. The zero-order valence-corrected chi connectivity index (χ0v) is 12.5.